The number of aromatic amines is 1. The molecule has 34 heavy (non-hydrogen) atoms. The molecule has 2 heterocycles. The number of piperazine rings is 1. The highest BCUT2D eigenvalue weighted by atomic mass is 35.5. The summed E-state index contributed by atoms with van der Waals surface area (Å²) in [5.41, 5.74) is 2.09. The summed E-state index contributed by atoms with van der Waals surface area (Å²) < 4.78 is 0. The Labute approximate surface area is 209 Å². The van der Waals surface area contributed by atoms with E-state index in [4.69, 9.17) is 23.2 Å². The van der Waals surface area contributed by atoms with Gasteiger partial charge in [-0.15, -0.1) is 0 Å². The Bertz CT molecular complexity index is 1230. The number of fused-ring (bicyclic) bond motifs is 1. The molecule has 1 atom stereocenters. The van der Waals surface area contributed by atoms with Gasteiger partial charge in [-0.1, -0.05) is 47.5 Å². The zero-order valence-corrected chi connectivity index (χ0v) is 20.6. The molecule has 1 aliphatic carbocycles. The minimum atomic E-state index is -0.706. The van der Waals surface area contributed by atoms with Crippen LogP contribution in [0.1, 0.15) is 24.0 Å². The predicted octanol–water partition coefficient (Wildman–Crippen LogP) is 4.01. The Balaban J connectivity index is 1.42. The molecule has 1 saturated heterocycles. The smallest absolute Gasteiger partial charge is 0.245 e. The third kappa shape index (κ3) is 4.42. The van der Waals surface area contributed by atoms with Gasteiger partial charge in [0.25, 0.3) is 0 Å². The largest absolute Gasteiger partial charge is 0.361 e. The van der Waals surface area contributed by atoms with Gasteiger partial charge in [-0.05, 0) is 49.2 Å². The van der Waals surface area contributed by atoms with E-state index in [-0.39, 0.29) is 11.8 Å². The SMILES string of the molecule is CN1CCN(C(=O)[C@@H](Cc2c[nH]c3ccccc23)NC(=O)C2(c3ccc(Cl)cc3Cl)CC2)CC1. The van der Waals surface area contributed by atoms with Crippen molar-refractivity contribution in [2.24, 2.45) is 0 Å². The summed E-state index contributed by atoms with van der Waals surface area (Å²) in [5.74, 6) is -0.186. The van der Waals surface area contributed by atoms with Gasteiger partial charge in [0.15, 0.2) is 0 Å². The third-order valence-corrected chi connectivity index (χ3v) is 7.70. The van der Waals surface area contributed by atoms with Crippen LogP contribution in [0.5, 0.6) is 0 Å². The molecule has 1 aromatic heterocycles. The number of nitrogens with one attached hydrogen (secondary N) is 2. The summed E-state index contributed by atoms with van der Waals surface area (Å²) in [5, 5.41) is 5.21. The quantitative estimate of drug-likeness (QED) is 0.539. The number of nitrogens with zero attached hydrogens (tertiary/aromatic N) is 2. The van der Waals surface area contributed by atoms with Crippen molar-refractivity contribution < 1.29 is 9.59 Å². The molecule has 8 heteroatoms. The standard InChI is InChI=1S/C26H28Cl2N4O2/c1-31-10-12-32(13-11-31)24(33)23(14-17-16-29-22-5-3-2-4-19(17)22)30-25(34)26(8-9-26)20-7-6-18(27)15-21(20)28/h2-7,15-16,23,29H,8-14H2,1H3,(H,30,34)/t23-/m1/s1. The molecule has 178 valence electrons. The van der Waals surface area contributed by atoms with Crippen LogP contribution in [0.4, 0.5) is 0 Å². The van der Waals surface area contributed by atoms with Gasteiger partial charge < -0.3 is 20.1 Å². The number of para-hydroxylation sites is 1. The number of aromatic nitrogens is 1. The maximum Gasteiger partial charge on any atom is 0.245 e. The zero-order valence-electron chi connectivity index (χ0n) is 19.1. The average molecular weight is 499 g/mol. The molecule has 3 aromatic rings. The minimum absolute atomic E-state index is 0.0373. The summed E-state index contributed by atoms with van der Waals surface area (Å²) in [6, 6.07) is 12.6. The number of rotatable bonds is 6. The second kappa shape index (κ2) is 9.25. The van der Waals surface area contributed by atoms with E-state index in [2.05, 4.69) is 22.2 Å². The van der Waals surface area contributed by atoms with Crippen LogP contribution in [-0.2, 0) is 21.4 Å². The second-order valence-corrected chi connectivity index (χ2v) is 10.3. The molecule has 2 N–H and O–H groups in total. The van der Waals surface area contributed by atoms with Crippen molar-refractivity contribution in [3.05, 3.63) is 69.8 Å². The molecule has 1 aliphatic heterocycles. The number of halogens is 2. The van der Waals surface area contributed by atoms with Crippen molar-refractivity contribution >= 4 is 45.9 Å². The Morgan fingerprint density at radius 3 is 2.53 bits per heavy atom. The van der Waals surface area contributed by atoms with Crippen molar-refractivity contribution in [1.29, 1.82) is 0 Å². The maximum atomic E-state index is 13.6. The van der Waals surface area contributed by atoms with Crippen molar-refractivity contribution in [2.75, 3.05) is 33.2 Å². The van der Waals surface area contributed by atoms with E-state index < -0.39 is 11.5 Å². The summed E-state index contributed by atoms with van der Waals surface area (Å²) in [6.45, 7) is 2.96. The van der Waals surface area contributed by atoms with E-state index in [9.17, 15) is 9.59 Å². The van der Waals surface area contributed by atoms with Crippen LogP contribution in [0, 0.1) is 0 Å². The normalized spacial score (nSPS) is 18.6. The van der Waals surface area contributed by atoms with Gasteiger partial charge in [0.05, 0.1) is 5.41 Å². The first-order valence-electron chi connectivity index (χ1n) is 11.7. The molecule has 0 radical (unpaired) electrons. The number of benzene rings is 2. The molecule has 2 amide bonds. The number of hydrogen-bond acceptors (Lipinski definition) is 3. The summed E-state index contributed by atoms with van der Waals surface area (Å²) >= 11 is 12.5. The molecular weight excluding hydrogens is 471 g/mol. The molecule has 2 aliphatic rings. The van der Waals surface area contributed by atoms with Crippen molar-refractivity contribution in [1.82, 2.24) is 20.1 Å². The molecule has 0 bridgehead atoms. The first-order chi connectivity index (χ1) is 16.4. The monoisotopic (exact) mass is 498 g/mol. The zero-order chi connectivity index (χ0) is 23.9. The highest BCUT2D eigenvalue weighted by molar-refractivity contribution is 6.35. The van der Waals surface area contributed by atoms with Crippen LogP contribution in [0.15, 0.2) is 48.7 Å². The van der Waals surface area contributed by atoms with Gasteiger partial charge in [0.1, 0.15) is 6.04 Å². The van der Waals surface area contributed by atoms with Crippen molar-refractivity contribution in [3.63, 3.8) is 0 Å². The average Bonchev–Trinajstić information content (AvgIpc) is 3.53. The van der Waals surface area contributed by atoms with Crippen LogP contribution in [0.3, 0.4) is 0 Å². The fraction of sp³-hybridized carbons (Fsp3) is 0.385. The summed E-state index contributed by atoms with van der Waals surface area (Å²) in [4.78, 5) is 34.6. The molecule has 5 rings (SSSR count). The Kier molecular flexibility index (Phi) is 6.32. The van der Waals surface area contributed by atoms with Gasteiger partial charge in [-0.2, -0.15) is 0 Å². The van der Waals surface area contributed by atoms with Crippen LogP contribution >= 0.6 is 23.2 Å². The molecule has 0 spiro atoms. The Morgan fingerprint density at radius 2 is 1.82 bits per heavy atom. The lowest BCUT2D eigenvalue weighted by molar-refractivity contribution is -0.138. The number of hydrogen-bond donors (Lipinski definition) is 2. The fourth-order valence-corrected chi connectivity index (χ4v) is 5.47. The number of H-pyrrole nitrogens is 1. The van der Waals surface area contributed by atoms with E-state index in [1.165, 1.54) is 0 Å². The van der Waals surface area contributed by atoms with Gasteiger partial charge in [0.2, 0.25) is 11.8 Å². The highest BCUT2D eigenvalue weighted by Gasteiger charge is 2.53. The summed E-state index contributed by atoms with van der Waals surface area (Å²) in [6.07, 6.45) is 3.75. The Hall–Kier alpha value is -2.54. The van der Waals surface area contributed by atoms with E-state index in [1.807, 2.05) is 41.4 Å². The number of carbonyl (C=O) groups excluding carboxylic acids is 2. The second-order valence-electron chi connectivity index (χ2n) is 9.42. The number of likely N-dealkylation sites (N-methyl/N-ethyl adjacent to an activating group) is 1. The number of amides is 2. The first kappa shape index (κ1) is 23.2. The lowest BCUT2D eigenvalue weighted by Crippen LogP contribution is -2.56. The molecule has 6 nitrogen and oxygen atoms in total. The van der Waals surface area contributed by atoms with E-state index >= 15 is 0 Å². The van der Waals surface area contributed by atoms with Gasteiger partial charge in [-0.25, -0.2) is 0 Å². The van der Waals surface area contributed by atoms with Crippen molar-refractivity contribution in [2.45, 2.75) is 30.7 Å². The maximum absolute atomic E-state index is 13.6. The summed E-state index contributed by atoms with van der Waals surface area (Å²) in [7, 11) is 2.06. The third-order valence-electron chi connectivity index (χ3n) is 7.15. The predicted molar refractivity (Wildman–Crippen MR) is 135 cm³/mol. The molecule has 2 aromatic carbocycles. The van der Waals surface area contributed by atoms with E-state index in [0.717, 1.165) is 35.1 Å². The lowest BCUT2D eigenvalue weighted by atomic mass is 9.93. The molecule has 0 unspecified atom stereocenters. The molecule has 2 fully saturated rings. The number of carbonyl (C=O) groups is 2. The molecular formula is C26H28Cl2N4O2. The van der Waals surface area contributed by atoms with Crippen LogP contribution < -0.4 is 5.32 Å². The minimum Gasteiger partial charge on any atom is -0.361 e. The van der Waals surface area contributed by atoms with Crippen molar-refractivity contribution in [3.8, 4) is 0 Å². The van der Waals surface area contributed by atoms with Gasteiger partial charge in [-0.3, -0.25) is 9.59 Å². The van der Waals surface area contributed by atoms with Gasteiger partial charge in [0, 0.05) is 59.7 Å². The van der Waals surface area contributed by atoms with Crippen LogP contribution in [0.2, 0.25) is 10.0 Å². The fourth-order valence-electron chi connectivity index (χ4n) is 4.89. The first-order valence-corrected chi connectivity index (χ1v) is 12.4. The topological polar surface area (TPSA) is 68.4 Å². The van der Waals surface area contributed by atoms with Gasteiger partial charge >= 0.3 is 0 Å². The van der Waals surface area contributed by atoms with Crippen LogP contribution in [0.25, 0.3) is 10.9 Å². The van der Waals surface area contributed by atoms with E-state index in [1.54, 1.807) is 12.1 Å². The highest BCUT2D eigenvalue weighted by Crippen LogP contribution is 2.51. The lowest BCUT2D eigenvalue weighted by Gasteiger charge is -2.35. The molecule has 1 saturated carbocycles. The Morgan fingerprint density at radius 1 is 1.09 bits per heavy atom. The van der Waals surface area contributed by atoms with E-state index in [0.29, 0.717) is 42.4 Å². The van der Waals surface area contributed by atoms with Crippen LogP contribution in [-0.4, -0.2) is 65.9 Å².